The third kappa shape index (κ3) is 3.27. The first kappa shape index (κ1) is 14.6. The molecule has 1 aromatic rings. The van der Waals surface area contributed by atoms with E-state index in [-0.39, 0.29) is 5.56 Å². The molecule has 1 rings (SSSR count). The Morgan fingerprint density at radius 2 is 2.00 bits per heavy atom. The average molecular weight is 275 g/mol. The van der Waals surface area contributed by atoms with E-state index < -0.39 is 33.6 Å². The van der Waals surface area contributed by atoms with Crippen molar-refractivity contribution in [3.05, 3.63) is 35.6 Å². The number of carbonyl (C=O) groups is 1. The molecule has 0 radical (unpaired) electrons. The van der Waals surface area contributed by atoms with E-state index in [0.717, 1.165) is 4.31 Å². The van der Waals surface area contributed by atoms with Crippen LogP contribution >= 0.6 is 0 Å². The van der Waals surface area contributed by atoms with Crippen LogP contribution in [0, 0.1) is 5.82 Å². The molecular weight excluding hydrogens is 261 g/mol. The number of benzene rings is 1. The van der Waals surface area contributed by atoms with Crippen LogP contribution in [0.15, 0.2) is 24.3 Å². The van der Waals surface area contributed by atoms with Crippen molar-refractivity contribution in [3.63, 3.8) is 0 Å². The number of aliphatic carboxylic acids is 1. The highest BCUT2D eigenvalue weighted by Gasteiger charge is 2.27. The number of carboxylic acids is 1. The molecule has 18 heavy (non-hydrogen) atoms. The third-order valence-corrected chi connectivity index (χ3v) is 4.45. The topological polar surface area (TPSA) is 74.7 Å². The van der Waals surface area contributed by atoms with Crippen molar-refractivity contribution in [3.8, 4) is 0 Å². The number of sulfonamides is 1. The van der Waals surface area contributed by atoms with E-state index in [1.54, 1.807) is 6.07 Å². The minimum Gasteiger partial charge on any atom is -0.480 e. The van der Waals surface area contributed by atoms with Crippen molar-refractivity contribution in [1.82, 2.24) is 4.31 Å². The van der Waals surface area contributed by atoms with Crippen LogP contribution in [-0.2, 0) is 14.8 Å². The highest BCUT2D eigenvalue weighted by molar-refractivity contribution is 7.89. The maximum absolute atomic E-state index is 13.5. The Labute approximate surface area is 105 Å². The molecule has 0 saturated heterocycles. The fourth-order valence-corrected chi connectivity index (χ4v) is 2.62. The van der Waals surface area contributed by atoms with Crippen LogP contribution in [-0.4, -0.2) is 36.6 Å². The minimum atomic E-state index is -3.96. The Hall–Kier alpha value is -1.47. The summed E-state index contributed by atoms with van der Waals surface area (Å²) in [6.07, 6.45) is 0. The zero-order chi connectivity index (χ0) is 13.9. The molecule has 0 heterocycles. The molecule has 0 aliphatic carbocycles. The second-order valence-electron chi connectivity index (χ2n) is 3.86. The largest absolute Gasteiger partial charge is 0.480 e. The summed E-state index contributed by atoms with van der Waals surface area (Å²) in [5.41, 5.74) is 0.203. The smallest absolute Gasteiger partial charge is 0.320 e. The molecule has 7 heteroatoms. The van der Waals surface area contributed by atoms with Crippen molar-refractivity contribution in [2.24, 2.45) is 0 Å². The molecule has 0 aliphatic rings. The molecule has 1 aromatic carbocycles. The Bertz CT molecular complexity index is 544. The molecule has 5 nitrogen and oxygen atoms in total. The van der Waals surface area contributed by atoms with Gasteiger partial charge in [-0.05, 0) is 13.0 Å². The first-order valence-electron chi connectivity index (χ1n) is 5.17. The quantitative estimate of drug-likeness (QED) is 0.877. The molecule has 100 valence electrons. The van der Waals surface area contributed by atoms with Crippen LogP contribution in [0.4, 0.5) is 4.39 Å². The first-order valence-corrected chi connectivity index (χ1v) is 6.78. The molecule has 1 N–H and O–H groups in total. The standard InChI is InChI=1S/C11H14FNO4S/c1-8(9-5-3-4-6-10(9)12)13(2)18(16,17)7-11(14)15/h3-6,8H,7H2,1-2H3,(H,14,15). The molecular formula is C11H14FNO4S. The number of hydrogen-bond acceptors (Lipinski definition) is 3. The normalized spacial score (nSPS) is 13.6. The van der Waals surface area contributed by atoms with E-state index in [2.05, 4.69) is 0 Å². The fraction of sp³-hybridized carbons (Fsp3) is 0.364. The summed E-state index contributed by atoms with van der Waals surface area (Å²) in [5, 5.41) is 8.53. The van der Waals surface area contributed by atoms with E-state index in [1.165, 1.54) is 32.2 Å². The lowest BCUT2D eigenvalue weighted by molar-refractivity contribution is -0.134. The van der Waals surface area contributed by atoms with Crippen LogP contribution in [0.2, 0.25) is 0 Å². The Balaban J connectivity index is 3.01. The second kappa shape index (κ2) is 5.45. The van der Waals surface area contributed by atoms with E-state index in [0.29, 0.717) is 0 Å². The molecule has 1 unspecified atom stereocenters. The Kier molecular flexibility index (Phi) is 4.42. The molecule has 0 amide bonds. The van der Waals surface area contributed by atoms with Gasteiger partial charge in [0.1, 0.15) is 5.82 Å². The van der Waals surface area contributed by atoms with Crippen molar-refractivity contribution >= 4 is 16.0 Å². The maximum atomic E-state index is 13.5. The number of halogens is 1. The SMILES string of the molecule is CC(c1ccccc1F)N(C)S(=O)(=O)CC(=O)O. The van der Waals surface area contributed by atoms with Gasteiger partial charge in [0.15, 0.2) is 5.75 Å². The van der Waals surface area contributed by atoms with Gasteiger partial charge in [-0.15, -0.1) is 0 Å². The van der Waals surface area contributed by atoms with E-state index >= 15 is 0 Å². The van der Waals surface area contributed by atoms with Crippen LogP contribution in [0.5, 0.6) is 0 Å². The highest BCUT2D eigenvalue weighted by Crippen LogP contribution is 2.23. The van der Waals surface area contributed by atoms with Crippen molar-refractivity contribution in [2.75, 3.05) is 12.8 Å². The fourth-order valence-electron chi connectivity index (χ4n) is 1.51. The summed E-state index contributed by atoms with van der Waals surface area (Å²) in [5.74, 6) is -2.98. The van der Waals surface area contributed by atoms with E-state index in [1.807, 2.05) is 0 Å². The Morgan fingerprint density at radius 3 is 2.50 bits per heavy atom. The van der Waals surface area contributed by atoms with Gasteiger partial charge in [-0.2, -0.15) is 4.31 Å². The number of hydrogen-bond donors (Lipinski definition) is 1. The number of carboxylic acid groups (broad SMARTS) is 1. The number of rotatable bonds is 5. The molecule has 0 aromatic heterocycles. The van der Waals surface area contributed by atoms with Gasteiger partial charge in [-0.3, -0.25) is 4.79 Å². The maximum Gasteiger partial charge on any atom is 0.320 e. The lowest BCUT2D eigenvalue weighted by Crippen LogP contribution is -2.34. The molecule has 1 atom stereocenters. The number of nitrogens with zero attached hydrogens (tertiary/aromatic N) is 1. The third-order valence-electron chi connectivity index (χ3n) is 2.65. The van der Waals surface area contributed by atoms with E-state index in [4.69, 9.17) is 5.11 Å². The van der Waals surface area contributed by atoms with Gasteiger partial charge < -0.3 is 5.11 Å². The first-order chi connectivity index (χ1) is 8.25. The van der Waals surface area contributed by atoms with Gasteiger partial charge in [-0.1, -0.05) is 18.2 Å². The summed E-state index contributed by atoms with van der Waals surface area (Å²) < 4.78 is 37.8. The molecule has 0 bridgehead atoms. The average Bonchev–Trinajstić information content (AvgIpc) is 2.26. The zero-order valence-corrected chi connectivity index (χ0v) is 10.8. The summed E-state index contributed by atoms with van der Waals surface area (Å²) in [4.78, 5) is 10.5. The zero-order valence-electron chi connectivity index (χ0n) is 10.00. The van der Waals surface area contributed by atoms with Gasteiger partial charge in [0, 0.05) is 18.7 Å². The minimum absolute atomic E-state index is 0.203. The second-order valence-corrected chi connectivity index (χ2v) is 5.89. The van der Waals surface area contributed by atoms with E-state index in [9.17, 15) is 17.6 Å². The van der Waals surface area contributed by atoms with Crippen molar-refractivity contribution in [2.45, 2.75) is 13.0 Å². The van der Waals surface area contributed by atoms with Gasteiger partial charge >= 0.3 is 5.97 Å². The van der Waals surface area contributed by atoms with Crippen LogP contribution in [0.25, 0.3) is 0 Å². The summed E-state index contributed by atoms with van der Waals surface area (Å²) in [7, 11) is -2.73. The molecule has 0 saturated carbocycles. The van der Waals surface area contributed by atoms with Crippen LogP contribution in [0.3, 0.4) is 0 Å². The summed E-state index contributed by atoms with van der Waals surface area (Å²) in [6, 6.07) is 5.01. The van der Waals surface area contributed by atoms with Crippen LogP contribution in [0.1, 0.15) is 18.5 Å². The predicted octanol–water partition coefficient (Wildman–Crippen LogP) is 1.23. The van der Waals surface area contributed by atoms with Gasteiger partial charge in [-0.25, -0.2) is 12.8 Å². The van der Waals surface area contributed by atoms with Gasteiger partial charge in [0.2, 0.25) is 10.0 Å². The van der Waals surface area contributed by atoms with Crippen LogP contribution < -0.4 is 0 Å². The lowest BCUT2D eigenvalue weighted by Gasteiger charge is -2.24. The predicted molar refractivity (Wildman–Crippen MR) is 64.0 cm³/mol. The molecule has 0 fully saturated rings. The summed E-state index contributed by atoms with van der Waals surface area (Å²) in [6.45, 7) is 1.50. The highest BCUT2D eigenvalue weighted by atomic mass is 32.2. The van der Waals surface area contributed by atoms with Crippen molar-refractivity contribution in [1.29, 1.82) is 0 Å². The van der Waals surface area contributed by atoms with Gasteiger partial charge in [0.25, 0.3) is 0 Å². The molecule has 0 aliphatic heterocycles. The summed E-state index contributed by atoms with van der Waals surface area (Å²) >= 11 is 0. The molecule has 0 spiro atoms. The van der Waals surface area contributed by atoms with Crippen molar-refractivity contribution < 1.29 is 22.7 Å². The van der Waals surface area contributed by atoms with Gasteiger partial charge in [0.05, 0.1) is 0 Å². The Morgan fingerprint density at radius 1 is 1.44 bits per heavy atom. The lowest BCUT2D eigenvalue weighted by atomic mass is 10.1. The monoisotopic (exact) mass is 275 g/mol.